The van der Waals surface area contributed by atoms with Crippen molar-refractivity contribution in [3.8, 4) is 11.5 Å². The van der Waals surface area contributed by atoms with E-state index in [-0.39, 0.29) is 11.9 Å². The number of aromatic nitrogens is 2. The Morgan fingerprint density at radius 1 is 1.17 bits per heavy atom. The lowest BCUT2D eigenvalue weighted by Gasteiger charge is -2.23. The summed E-state index contributed by atoms with van der Waals surface area (Å²) in [6, 6.07) is 17.1. The van der Waals surface area contributed by atoms with Gasteiger partial charge in [-0.25, -0.2) is 0 Å². The molecule has 0 radical (unpaired) electrons. The fourth-order valence-electron chi connectivity index (χ4n) is 3.07. The van der Waals surface area contributed by atoms with E-state index in [9.17, 15) is 4.79 Å². The minimum Gasteiger partial charge on any atom is -0.368 e. The van der Waals surface area contributed by atoms with Gasteiger partial charge in [-0.1, -0.05) is 41.6 Å². The van der Waals surface area contributed by atoms with Crippen molar-refractivity contribution in [3.05, 3.63) is 66.0 Å². The van der Waals surface area contributed by atoms with Crippen molar-refractivity contribution in [2.45, 2.75) is 19.0 Å². The summed E-state index contributed by atoms with van der Waals surface area (Å²) in [5.41, 5.74) is 8.54. The van der Waals surface area contributed by atoms with Gasteiger partial charge in [-0.05, 0) is 23.8 Å². The Hall–Kier alpha value is -3.15. The van der Waals surface area contributed by atoms with E-state index in [1.807, 2.05) is 59.5 Å². The second-order valence-corrected chi connectivity index (χ2v) is 5.76. The summed E-state index contributed by atoms with van der Waals surface area (Å²) in [5, 5.41) is 4.04. The highest BCUT2D eigenvalue weighted by atomic mass is 16.5. The van der Waals surface area contributed by atoms with E-state index in [2.05, 4.69) is 10.1 Å². The zero-order valence-electron chi connectivity index (χ0n) is 12.9. The van der Waals surface area contributed by atoms with Crippen LogP contribution in [0.3, 0.4) is 0 Å². The molecular formula is C18H16N4O2. The van der Waals surface area contributed by atoms with Crippen molar-refractivity contribution in [2.75, 3.05) is 4.90 Å². The van der Waals surface area contributed by atoms with Crippen molar-refractivity contribution >= 4 is 11.6 Å². The standard InChI is InChI=1S/C18H16N4O2/c19-17(23)15-10-13-8-4-5-9-14(13)22(15)11-16-20-18(24-21-16)12-6-2-1-3-7-12/h1-9,15H,10-11H2,(H2,19,23)/t15-/m0/s1. The van der Waals surface area contributed by atoms with Gasteiger partial charge in [-0.2, -0.15) is 4.98 Å². The molecule has 1 aliphatic rings. The van der Waals surface area contributed by atoms with Gasteiger partial charge in [0.2, 0.25) is 5.91 Å². The maximum Gasteiger partial charge on any atom is 0.257 e. The lowest BCUT2D eigenvalue weighted by atomic mass is 10.1. The van der Waals surface area contributed by atoms with Gasteiger partial charge in [-0.15, -0.1) is 0 Å². The van der Waals surface area contributed by atoms with Crippen molar-refractivity contribution in [1.29, 1.82) is 0 Å². The molecule has 1 amide bonds. The molecule has 2 heterocycles. The van der Waals surface area contributed by atoms with Crippen LogP contribution in [-0.2, 0) is 17.8 Å². The van der Waals surface area contributed by atoms with E-state index in [0.717, 1.165) is 16.8 Å². The summed E-state index contributed by atoms with van der Waals surface area (Å²) in [5.74, 6) is 0.642. The highest BCUT2D eigenvalue weighted by molar-refractivity contribution is 5.86. The quantitative estimate of drug-likeness (QED) is 0.796. The average Bonchev–Trinajstić information content (AvgIpc) is 3.21. The minimum absolute atomic E-state index is 0.349. The molecule has 6 nitrogen and oxygen atoms in total. The number of hydrogen-bond donors (Lipinski definition) is 1. The lowest BCUT2D eigenvalue weighted by Crippen LogP contribution is -2.42. The molecule has 24 heavy (non-hydrogen) atoms. The molecule has 0 saturated heterocycles. The monoisotopic (exact) mass is 320 g/mol. The normalized spacial score (nSPS) is 16.2. The Kier molecular flexibility index (Phi) is 3.49. The van der Waals surface area contributed by atoms with Crippen LogP contribution in [0.15, 0.2) is 59.1 Å². The number of carbonyl (C=O) groups is 1. The summed E-state index contributed by atoms with van der Waals surface area (Å²) >= 11 is 0. The molecule has 0 unspecified atom stereocenters. The first-order valence-corrected chi connectivity index (χ1v) is 7.74. The predicted molar refractivity (Wildman–Crippen MR) is 89.0 cm³/mol. The van der Waals surface area contributed by atoms with Gasteiger partial charge in [0.1, 0.15) is 6.04 Å². The van der Waals surface area contributed by atoms with E-state index in [4.69, 9.17) is 10.3 Å². The number of fused-ring (bicyclic) bond motifs is 1. The zero-order chi connectivity index (χ0) is 16.5. The minimum atomic E-state index is -0.388. The fourth-order valence-corrected chi connectivity index (χ4v) is 3.07. The molecule has 0 spiro atoms. The fraction of sp³-hybridized carbons (Fsp3) is 0.167. The SMILES string of the molecule is NC(=O)[C@@H]1Cc2ccccc2N1Cc1noc(-c2ccccc2)n1. The van der Waals surface area contributed by atoms with E-state index < -0.39 is 0 Å². The van der Waals surface area contributed by atoms with Crippen molar-refractivity contribution < 1.29 is 9.32 Å². The Balaban J connectivity index is 1.62. The third-order valence-corrected chi connectivity index (χ3v) is 4.22. The van der Waals surface area contributed by atoms with Crippen LogP contribution in [0.5, 0.6) is 0 Å². The molecule has 120 valence electrons. The highest BCUT2D eigenvalue weighted by Crippen LogP contribution is 2.33. The van der Waals surface area contributed by atoms with Gasteiger partial charge in [0.15, 0.2) is 5.82 Å². The maximum absolute atomic E-state index is 11.8. The topological polar surface area (TPSA) is 85.3 Å². The summed E-state index contributed by atoms with van der Waals surface area (Å²) < 4.78 is 5.34. The zero-order valence-corrected chi connectivity index (χ0v) is 12.9. The summed E-state index contributed by atoms with van der Waals surface area (Å²) in [6.45, 7) is 0.376. The van der Waals surface area contributed by atoms with Gasteiger partial charge in [0, 0.05) is 17.7 Å². The predicted octanol–water partition coefficient (Wildman–Crippen LogP) is 2.15. The van der Waals surface area contributed by atoms with Crippen LogP contribution in [0.2, 0.25) is 0 Å². The van der Waals surface area contributed by atoms with Crippen LogP contribution in [0.4, 0.5) is 5.69 Å². The molecule has 2 aromatic carbocycles. The van der Waals surface area contributed by atoms with Crippen LogP contribution in [0, 0.1) is 0 Å². The molecule has 0 saturated carbocycles. The van der Waals surface area contributed by atoms with Gasteiger partial charge in [0.25, 0.3) is 5.89 Å². The van der Waals surface area contributed by atoms with Crippen LogP contribution in [0.25, 0.3) is 11.5 Å². The molecular weight excluding hydrogens is 304 g/mol. The molecule has 6 heteroatoms. The number of hydrogen-bond acceptors (Lipinski definition) is 5. The smallest absolute Gasteiger partial charge is 0.257 e. The molecule has 4 rings (SSSR count). The average molecular weight is 320 g/mol. The largest absolute Gasteiger partial charge is 0.368 e. The molecule has 1 aromatic heterocycles. The second-order valence-electron chi connectivity index (χ2n) is 5.76. The number of primary amides is 1. The van der Waals surface area contributed by atoms with Crippen molar-refractivity contribution in [1.82, 2.24) is 10.1 Å². The number of nitrogens with zero attached hydrogens (tertiary/aromatic N) is 3. The molecule has 1 atom stereocenters. The summed E-state index contributed by atoms with van der Waals surface area (Å²) in [7, 11) is 0. The van der Waals surface area contributed by atoms with Crippen LogP contribution in [-0.4, -0.2) is 22.1 Å². The van der Waals surface area contributed by atoms with Crippen LogP contribution < -0.4 is 10.6 Å². The molecule has 0 fully saturated rings. The van der Waals surface area contributed by atoms with Crippen LogP contribution >= 0.6 is 0 Å². The first-order chi connectivity index (χ1) is 11.7. The number of para-hydroxylation sites is 1. The van der Waals surface area contributed by atoms with Crippen LogP contribution in [0.1, 0.15) is 11.4 Å². The molecule has 0 bridgehead atoms. The third-order valence-electron chi connectivity index (χ3n) is 4.22. The lowest BCUT2D eigenvalue weighted by molar-refractivity contribution is -0.119. The third kappa shape index (κ3) is 2.52. The van der Waals surface area contributed by atoms with Crippen molar-refractivity contribution in [3.63, 3.8) is 0 Å². The van der Waals surface area contributed by atoms with Crippen molar-refractivity contribution in [2.24, 2.45) is 5.73 Å². The van der Waals surface area contributed by atoms with E-state index in [1.54, 1.807) is 0 Å². The Morgan fingerprint density at radius 2 is 1.92 bits per heavy atom. The van der Waals surface area contributed by atoms with E-state index in [1.165, 1.54) is 0 Å². The molecule has 0 aliphatic carbocycles. The second kappa shape index (κ2) is 5.81. The van der Waals surface area contributed by atoms with E-state index >= 15 is 0 Å². The molecule has 1 aliphatic heterocycles. The van der Waals surface area contributed by atoms with E-state index in [0.29, 0.717) is 24.7 Å². The molecule has 2 N–H and O–H groups in total. The van der Waals surface area contributed by atoms with Gasteiger partial charge in [-0.3, -0.25) is 4.79 Å². The number of rotatable bonds is 4. The Morgan fingerprint density at radius 3 is 2.71 bits per heavy atom. The Bertz CT molecular complexity index is 875. The maximum atomic E-state index is 11.8. The number of benzene rings is 2. The number of anilines is 1. The number of carbonyl (C=O) groups excluding carboxylic acids is 1. The first-order valence-electron chi connectivity index (χ1n) is 7.74. The van der Waals surface area contributed by atoms with Gasteiger partial charge < -0.3 is 15.2 Å². The Labute approximate surface area is 138 Å². The molecule has 3 aromatic rings. The summed E-state index contributed by atoms with van der Waals surface area (Å²) in [6.07, 6.45) is 0.606. The van der Waals surface area contributed by atoms with Gasteiger partial charge in [0.05, 0.1) is 6.54 Å². The summed E-state index contributed by atoms with van der Waals surface area (Å²) in [4.78, 5) is 18.2. The first kappa shape index (κ1) is 14.4. The number of nitrogens with two attached hydrogens (primary N) is 1. The highest BCUT2D eigenvalue weighted by Gasteiger charge is 2.33. The van der Waals surface area contributed by atoms with Gasteiger partial charge >= 0.3 is 0 Å². The number of amides is 1.